The molecule has 25 heavy (non-hydrogen) atoms. The monoisotopic (exact) mass is 402 g/mol. The van der Waals surface area contributed by atoms with Gasteiger partial charge in [-0.05, 0) is 24.6 Å². The lowest BCUT2D eigenvalue weighted by molar-refractivity contribution is -0.137. The van der Waals surface area contributed by atoms with Crippen molar-refractivity contribution in [2.75, 3.05) is 18.9 Å². The van der Waals surface area contributed by atoms with Gasteiger partial charge in [0.15, 0.2) is 0 Å². The summed E-state index contributed by atoms with van der Waals surface area (Å²) in [5.41, 5.74) is 0.712. The Labute approximate surface area is 159 Å². The summed E-state index contributed by atoms with van der Waals surface area (Å²) in [4.78, 5) is 36.8. The number of ether oxygens (including phenoxy) is 1. The molecule has 0 saturated carbocycles. The largest absolute Gasteiger partial charge is 0.463 e. The lowest BCUT2D eigenvalue weighted by Crippen LogP contribution is -2.37. The van der Waals surface area contributed by atoms with E-state index in [2.05, 4.69) is 5.32 Å². The molecule has 0 bridgehead atoms. The molecule has 0 aliphatic carbocycles. The van der Waals surface area contributed by atoms with Crippen LogP contribution in [0.1, 0.15) is 12.5 Å². The van der Waals surface area contributed by atoms with E-state index < -0.39 is 5.97 Å². The van der Waals surface area contributed by atoms with Crippen LogP contribution < -0.4 is 5.32 Å². The van der Waals surface area contributed by atoms with Gasteiger partial charge in [-0.15, -0.1) is 0 Å². The Morgan fingerprint density at radius 2 is 2.16 bits per heavy atom. The van der Waals surface area contributed by atoms with E-state index in [0.29, 0.717) is 20.6 Å². The molecule has 0 atom stereocenters. The number of nitrogens with zero attached hydrogens (tertiary/aromatic N) is 1. The standard InChI is InChI=1S/C16H16Cl2N2O4S/c1-2-24-16(23)6-15-20(14(22)9-25-15)8-13(21)19-7-10-3-4-11(17)5-12(10)18/h3-6H,2,7-9H2,1H3,(H,19,21)/b15-6-. The van der Waals surface area contributed by atoms with Gasteiger partial charge in [0, 0.05) is 16.6 Å². The van der Waals surface area contributed by atoms with Crippen LogP contribution in [0.15, 0.2) is 29.3 Å². The third-order valence-corrected chi connectivity index (χ3v) is 4.84. The van der Waals surface area contributed by atoms with Gasteiger partial charge in [-0.25, -0.2) is 4.79 Å². The maximum Gasteiger partial charge on any atom is 0.333 e. The first-order valence-electron chi connectivity index (χ1n) is 7.43. The number of amides is 2. The van der Waals surface area contributed by atoms with Crippen molar-refractivity contribution in [2.24, 2.45) is 0 Å². The van der Waals surface area contributed by atoms with Crippen molar-refractivity contribution in [3.05, 3.63) is 44.9 Å². The molecule has 0 spiro atoms. The number of hydrogen-bond acceptors (Lipinski definition) is 5. The number of rotatable bonds is 6. The number of halogens is 2. The Hall–Kier alpha value is -1.70. The van der Waals surface area contributed by atoms with E-state index in [1.165, 1.54) is 22.7 Å². The van der Waals surface area contributed by atoms with Crippen LogP contribution in [0.25, 0.3) is 0 Å². The summed E-state index contributed by atoms with van der Waals surface area (Å²) >= 11 is 13.1. The number of benzene rings is 1. The molecule has 2 amide bonds. The van der Waals surface area contributed by atoms with Crippen LogP contribution in [0.5, 0.6) is 0 Å². The fourth-order valence-corrected chi connectivity index (χ4v) is 3.45. The van der Waals surface area contributed by atoms with E-state index in [1.807, 2.05) is 0 Å². The van der Waals surface area contributed by atoms with Gasteiger partial charge in [0.2, 0.25) is 11.8 Å². The van der Waals surface area contributed by atoms with Gasteiger partial charge in [0.1, 0.15) is 6.54 Å². The second kappa shape index (κ2) is 9.12. The highest BCUT2D eigenvalue weighted by Gasteiger charge is 2.29. The van der Waals surface area contributed by atoms with Gasteiger partial charge < -0.3 is 10.1 Å². The van der Waals surface area contributed by atoms with Gasteiger partial charge in [0.25, 0.3) is 0 Å². The summed E-state index contributed by atoms with van der Waals surface area (Å²) in [6, 6.07) is 4.98. The van der Waals surface area contributed by atoms with Crippen molar-refractivity contribution in [3.63, 3.8) is 0 Å². The van der Waals surface area contributed by atoms with E-state index in [9.17, 15) is 14.4 Å². The highest BCUT2D eigenvalue weighted by molar-refractivity contribution is 8.04. The highest BCUT2D eigenvalue weighted by atomic mass is 35.5. The first-order chi connectivity index (χ1) is 11.9. The summed E-state index contributed by atoms with van der Waals surface area (Å²) in [5, 5.41) is 4.05. The van der Waals surface area contributed by atoms with Crippen molar-refractivity contribution in [1.29, 1.82) is 0 Å². The van der Waals surface area contributed by atoms with Gasteiger partial charge in [-0.2, -0.15) is 0 Å². The minimum Gasteiger partial charge on any atom is -0.463 e. The molecule has 1 heterocycles. The maximum absolute atomic E-state index is 12.1. The molecule has 2 rings (SSSR count). The predicted molar refractivity (Wildman–Crippen MR) is 97.2 cm³/mol. The molecule has 0 aromatic heterocycles. The van der Waals surface area contributed by atoms with Crippen LogP contribution in [0.3, 0.4) is 0 Å². The fourth-order valence-electron chi connectivity index (χ4n) is 2.04. The molecule has 0 radical (unpaired) electrons. The summed E-state index contributed by atoms with van der Waals surface area (Å²) in [6.07, 6.45) is 1.22. The topological polar surface area (TPSA) is 75.7 Å². The third-order valence-electron chi connectivity index (χ3n) is 3.23. The molecule has 1 N–H and O–H groups in total. The maximum atomic E-state index is 12.1. The molecule has 1 fully saturated rings. The van der Waals surface area contributed by atoms with Crippen molar-refractivity contribution >= 4 is 52.7 Å². The van der Waals surface area contributed by atoms with Crippen molar-refractivity contribution < 1.29 is 19.1 Å². The van der Waals surface area contributed by atoms with Crippen molar-refractivity contribution in [2.45, 2.75) is 13.5 Å². The molecule has 1 aromatic rings. The Balaban J connectivity index is 1.95. The molecule has 1 aliphatic rings. The average molecular weight is 403 g/mol. The van der Waals surface area contributed by atoms with E-state index >= 15 is 0 Å². The van der Waals surface area contributed by atoms with E-state index in [0.717, 1.165) is 0 Å². The summed E-state index contributed by atoms with van der Waals surface area (Å²) < 4.78 is 4.83. The Bertz CT molecular complexity index is 724. The fraction of sp³-hybridized carbons (Fsp3) is 0.312. The molecule has 9 heteroatoms. The summed E-state index contributed by atoms with van der Waals surface area (Å²) in [7, 11) is 0. The Kier molecular flexibility index (Phi) is 7.16. The SMILES string of the molecule is CCOC(=O)/C=C1\SCC(=O)N1CC(=O)NCc1ccc(Cl)cc1Cl. The summed E-state index contributed by atoms with van der Waals surface area (Å²) in [6.45, 7) is 1.96. The molecule has 1 saturated heterocycles. The lowest BCUT2D eigenvalue weighted by Gasteiger charge is -2.16. The number of hydrogen-bond donors (Lipinski definition) is 1. The van der Waals surface area contributed by atoms with E-state index in [1.54, 1.807) is 25.1 Å². The first-order valence-corrected chi connectivity index (χ1v) is 9.17. The van der Waals surface area contributed by atoms with Crippen LogP contribution in [-0.2, 0) is 25.7 Å². The zero-order chi connectivity index (χ0) is 18.4. The van der Waals surface area contributed by atoms with Crippen LogP contribution in [0.4, 0.5) is 0 Å². The van der Waals surface area contributed by atoms with Crippen LogP contribution in [0.2, 0.25) is 10.0 Å². The number of carbonyl (C=O) groups excluding carboxylic acids is 3. The number of nitrogens with one attached hydrogen (secondary N) is 1. The molecular weight excluding hydrogens is 387 g/mol. The van der Waals surface area contributed by atoms with Crippen LogP contribution >= 0.6 is 35.0 Å². The van der Waals surface area contributed by atoms with E-state index in [4.69, 9.17) is 27.9 Å². The van der Waals surface area contributed by atoms with Crippen molar-refractivity contribution in [1.82, 2.24) is 10.2 Å². The lowest BCUT2D eigenvalue weighted by atomic mass is 10.2. The molecule has 1 aliphatic heterocycles. The Morgan fingerprint density at radius 3 is 2.84 bits per heavy atom. The number of esters is 1. The molecule has 0 unspecified atom stereocenters. The van der Waals surface area contributed by atoms with Gasteiger partial charge in [-0.3, -0.25) is 14.5 Å². The molecule has 1 aromatic carbocycles. The normalized spacial score (nSPS) is 15.6. The number of thioether (sulfide) groups is 1. The second-order valence-electron chi connectivity index (χ2n) is 5.02. The van der Waals surface area contributed by atoms with Crippen molar-refractivity contribution in [3.8, 4) is 0 Å². The minimum absolute atomic E-state index is 0.178. The van der Waals surface area contributed by atoms with Gasteiger partial charge in [-0.1, -0.05) is 41.0 Å². The van der Waals surface area contributed by atoms with Crippen LogP contribution in [0, 0.1) is 0 Å². The zero-order valence-electron chi connectivity index (χ0n) is 13.4. The summed E-state index contributed by atoms with van der Waals surface area (Å²) in [5.74, 6) is -0.962. The molecular formula is C16H16Cl2N2O4S. The molecule has 134 valence electrons. The predicted octanol–water partition coefficient (Wildman–Crippen LogP) is 2.59. The van der Waals surface area contributed by atoms with Gasteiger partial charge in [0.05, 0.1) is 23.5 Å². The quantitative estimate of drug-likeness (QED) is 0.584. The number of carbonyl (C=O) groups is 3. The Morgan fingerprint density at radius 1 is 1.40 bits per heavy atom. The van der Waals surface area contributed by atoms with Crippen LogP contribution in [-0.4, -0.2) is 41.6 Å². The smallest absolute Gasteiger partial charge is 0.333 e. The zero-order valence-corrected chi connectivity index (χ0v) is 15.7. The highest BCUT2D eigenvalue weighted by Crippen LogP contribution is 2.28. The second-order valence-corrected chi connectivity index (χ2v) is 6.85. The van der Waals surface area contributed by atoms with Gasteiger partial charge >= 0.3 is 5.97 Å². The average Bonchev–Trinajstić information content (AvgIpc) is 2.87. The first kappa shape index (κ1) is 19.6. The molecule has 6 nitrogen and oxygen atoms in total. The third kappa shape index (κ3) is 5.66. The van der Waals surface area contributed by atoms with E-state index in [-0.39, 0.29) is 37.3 Å². The minimum atomic E-state index is -0.543.